The first-order valence-corrected chi connectivity index (χ1v) is 10.6. The number of carbonyl (C=O) groups is 3. The maximum atomic E-state index is 13.9. The average Bonchev–Trinajstić information content (AvgIpc) is 2.79. The van der Waals surface area contributed by atoms with E-state index in [1.165, 1.54) is 17.7 Å². The van der Waals surface area contributed by atoms with Crippen LogP contribution >= 0.6 is 0 Å². The number of carbonyl (C=O) groups excluding carboxylic acids is 3. The van der Waals surface area contributed by atoms with Gasteiger partial charge in [0.2, 0.25) is 11.8 Å². The van der Waals surface area contributed by atoms with E-state index < -0.39 is 5.82 Å². The molecule has 0 spiro atoms. The molecule has 2 aliphatic heterocycles. The molecule has 1 saturated heterocycles. The molecule has 1 unspecified atom stereocenters. The first kappa shape index (κ1) is 21.0. The van der Waals surface area contributed by atoms with Crippen molar-refractivity contribution in [3.63, 3.8) is 0 Å². The number of nitrogens with zero attached hydrogens (tertiary/aromatic N) is 3. The molecule has 0 saturated carbocycles. The maximum absolute atomic E-state index is 13.9. The third kappa shape index (κ3) is 4.31. The molecule has 0 aromatic heterocycles. The zero-order valence-corrected chi connectivity index (χ0v) is 17.6. The Labute approximate surface area is 181 Å². The van der Waals surface area contributed by atoms with Crippen molar-refractivity contribution < 1.29 is 18.8 Å². The highest BCUT2D eigenvalue weighted by atomic mass is 19.1. The summed E-state index contributed by atoms with van der Waals surface area (Å²) in [5.74, 6) is -0.959. The minimum atomic E-state index is -0.536. The summed E-state index contributed by atoms with van der Waals surface area (Å²) in [7, 11) is 0. The molecule has 0 N–H and O–H groups in total. The van der Waals surface area contributed by atoms with Crippen LogP contribution in [-0.2, 0) is 16.0 Å². The molecule has 2 aromatic rings. The monoisotopic (exact) mass is 423 g/mol. The highest BCUT2D eigenvalue weighted by Gasteiger charge is 2.33. The van der Waals surface area contributed by atoms with Gasteiger partial charge in [0.05, 0.1) is 18.0 Å². The molecule has 0 bridgehead atoms. The molecule has 0 radical (unpaired) electrons. The summed E-state index contributed by atoms with van der Waals surface area (Å²) in [6, 6.07) is 13.6. The Bertz CT molecular complexity index is 1000. The summed E-state index contributed by atoms with van der Waals surface area (Å²) in [4.78, 5) is 43.0. The molecule has 31 heavy (non-hydrogen) atoms. The lowest BCUT2D eigenvalue weighted by molar-refractivity contribution is -0.137. The Morgan fingerprint density at radius 3 is 2.26 bits per heavy atom. The summed E-state index contributed by atoms with van der Waals surface area (Å²) >= 11 is 0. The molecule has 0 aliphatic carbocycles. The first-order valence-electron chi connectivity index (χ1n) is 10.6. The fraction of sp³-hybridized carbons (Fsp3) is 0.375. The Balaban J connectivity index is 1.41. The summed E-state index contributed by atoms with van der Waals surface area (Å²) in [6.07, 6.45) is 1.01. The zero-order chi connectivity index (χ0) is 22.0. The third-order valence-corrected chi connectivity index (χ3v) is 6.21. The minimum absolute atomic E-state index is 0.0346. The van der Waals surface area contributed by atoms with Crippen molar-refractivity contribution in [3.05, 3.63) is 71.0 Å². The lowest BCUT2D eigenvalue weighted by Gasteiger charge is -2.39. The zero-order valence-electron chi connectivity index (χ0n) is 17.6. The first-order chi connectivity index (χ1) is 15.0. The molecule has 6 nitrogen and oxygen atoms in total. The molecule has 2 heterocycles. The fourth-order valence-electron chi connectivity index (χ4n) is 4.51. The quantitative estimate of drug-likeness (QED) is 0.763. The molecule has 2 aromatic carbocycles. The van der Waals surface area contributed by atoms with Gasteiger partial charge in [-0.05, 0) is 29.7 Å². The number of piperazine rings is 1. The van der Waals surface area contributed by atoms with Crippen LogP contribution in [0.2, 0.25) is 0 Å². The Morgan fingerprint density at radius 2 is 1.55 bits per heavy atom. The topological polar surface area (TPSA) is 60.9 Å². The molecule has 162 valence electrons. The lowest BCUT2D eigenvalue weighted by atomic mass is 9.90. The van der Waals surface area contributed by atoms with Gasteiger partial charge in [-0.2, -0.15) is 0 Å². The van der Waals surface area contributed by atoms with Crippen molar-refractivity contribution in [1.29, 1.82) is 0 Å². The predicted molar refractivity (Wildman–Crippen MR) is 114 cm³/mol. The van der Waals surface area contributed by atoms with Crippen molar-refractivity contribution in [2.45, 2.75) is 25.8 Å². The van der Waals surface area contributed by atoms with E-state index in [2.05, 4.69) is 6.07 Å². The van der Waals surface area contributed by atoms with Crippen LogP contribution in [0.5, 0.6) is 0 Å². The maximum Gasteiger partial charge on any atom is 0.256 e. The predicted octanol–water partition coefficient (Wildman–Crippen LogP) is 2.65. The molecular formula is C24H26FN3O3. The number of benzene rings is 2. The number of amides is 3. The third-order valence-electron chi connectivity index (χ3n) is 6.21. The molecule has 7 heteroatoms. The van der Waals surface area contributed by atoms with E-state index in [4.69, 9.17) is 0 Å². The van der Waals surface area contributed by atoms with Crippen molar-refractivity contribution >= 4 is 17.7 Å². The van der Waals surface area contributed by atoms with Gasteiger partial charge in [0.1, 0.15) is 5.82 Å². The van der Waals surface area contributed by atoms with Crippen LogP contribution in [0, 0.1) is 5.82 Å². The van der Waals surface area contributed by atoms with E-state index in [1.54, 1.807) is 33.8 Å². The Kier molecular flexibility index (Phi) is 6.02. The van der Waals surface area contributed by atoms with Crippen LogP contribution in [0.15, 0.2) is 48.5 Å². The van der Waals surface area contributed by atoms with Crippen LogP contribution in [0.25, 0.3) is 0 Å². The van der Waals surface area contributed by atoms with Gasteiger partial charge in [-0.3, -0.25) is 14.4 Å². The Hall–Kier alpha value is -3.22. The van der Waals surface area contributed by atoms with E-state index in [0.29, 0.717) is 32.7 Å². The van der Waals surface area contributed by atoms with Crippen LogP contribution in [0.4, 0.5) is 4.39 Å². The largest absolute Gasteiger partial charge is 0.339 e. The van der Waals surface area contributed by atoms with E-state index in [-0.39, 0.29) is 35.7 Å². The molecule has 1 fully saturated rings. The molecule has 1 atom stereocenters. The fourth-order valence-corrected chi connectivity index (χ4v) is 4.51. The second-order valence-corrected chi connectivity index (χ2v) is 8.03. The molecule has 3 amide bonds. The van der Waals surface area contributed by atoms with Gasteiger partial charge in [0.25, 0.3) is 5.91 Å². The van der Waals surface area contributed by atoms with Crippen LogP contribution in [0.1, 0.15) is 40.9 Å². The summed E-state index contributed by atoms with van der Waals surface area (Å²) in [5, 5.41) is 0. The van der Waals surface area contributed by atoms with Crippen molar-refractivity contribution in [3.8, 4) is 0 Å². The second-order valence-electron chi connectivity index (χ2n) is 8.03. The SMILES string of the molecule is CC(=O)N1CCc2ccccc2C1CC(=O)N1CCN(C(=O)c2ccccc2F)CC1. The second kappa shape index (κ2) is 8.88. The van der Waals surface area contributed by atoms with E-state index in [1.807, 2.05) is 18.2 Å². The summed E-state index contributed by atoms with van der Waals surface area (Å²) in [5.41, 5.74) is 2.27. The smallest absolute Gasteiger partial charge is 0.256 e. The van der Waals surface area contributed by atoms with Gasteiger partial charge in [-0.15, -0.1) is 0 Å². The van der Waals surface area contributed by atoms with E-state index >= 15 is 0 Å². The highest BCUT2D eigenvalue weighted by molar-refractivity contribution is 5.94. The standard InChI is InChI=1S/C24H26FN3O3/c1-17(29)28-11-10-18-6-2-3-7-19(18)22(28)16-23(30)26-12-14-27(15-13-26)24(31)20-8-4-5-9-21(20)25/h2-9,22H,10-16H2,1H3. The normalized spacial score (nSPS) is 18.5. The van der Waals surface area contributed by atoms with Crippen LogP contribution in [0.3, 0.4) is 0 Å². The van der Waals surface area contributed by atoms with Crippen molar-refractivity contribution in [2.75, 3.05) is 32.7 Å². The van der Waals surface area contributed by atoms with E-state index in [9.17, 15) is 18.8 Å². The van der Waals surface area contributed by atoms with Gasteiger partial charge in [-0.1, -0.05) is 36.4 Å². The van der Waals surface area contributed by atoms with Crippen molar-refractivity contribution in [1.82, 2.24) is 14.7 Å². The number of fused-ring (bicyclic) bond motifs is 1. The number of rotatable bonds is 3. The van der Waals surface area contributed by atoms with Gasteiger partial charge in [0, 0.05) is 39.6 Å². The van der Waals surface area contributed by atoms with Gasteiger partial charge in [-0.25, -0.2) is 4.39 Å². The number of hydrogen-bond acceptors (Lipinski definition) is 3. The van der Waals surface area contributed by atoms with Gasteiger partial charge in [0.15, 0.2) is 0 Å². The average molecular weight is 423 g/mol. The van der Waals surface area contributed by atoms with E-state index in [0.717, 1.165) is 12.0 Å². The molecule has 2 aliphatic rings. The minimum Gasteiger partial charge on any atom is -0.339 e. The molecule has 4 rings (SSSR count). The summed E-state index contributed by atoms with van der Waals surface area (Å²) < 4.78 is 13.9. The van der Waals surface area contributed by atoms with Gasteiger partial charge < -0.3 is 14.7 Å². The van der Waals surface area contributed by atoms with Crippen molar-refractivity contribution in [2.24, 2.45) is 0 Å². The van der Waals surface area contributed by atoms with Crippen LogP contribution < -0.4 is 0 Å². The van der Waals surface area contributed by atoms with Gasteiger partial charge >= 0.3 is 0 Å². The summed E-state index contributed by atoms with van der Waals surface area (Å²) in [6.45, 7) is 3.65. The molecular weight excluding hydrogens is 397 g/mol. The van der Waals surface area contributed by atoms with Crippen LogP contribution in [-0.4, -0.2) is 65.1 Å². The number of hydrogen-bond donors (Lipinski definition) is 0. The lowest BCUT2D eigenvalue weighted by Crippen LogP contribution is -2.51. The number of halogens is 1. The highest BCUT2D eigenvalue weighted by Crippen LogP contribution is 2.33. The Morgan fingerprint density at radius 1 is 0.903 bits per heavy atom.